The first-order valence-electron chi connectivity index (χ1n) is 5.34. The third-order valence-electron chi connectivity index (χ3n) is 2.72. The van der Waals surface area contributed by atoms with Gasteiger partial charge in [-0.1, -0.05) is 12.1 Å². The molecule has 2 aromatic rings. The average Bonchev–Trinajstić information content (AvgIpc) is 2.36. The minimum Gasteiger partial charge on any atom is -0.271 e. The number of aryl methyl sites for hydroxylation is 1. The van der Waals surface area contributed by atoms with Gasteiger partial charge in [0.15, 0.2) is 0 Å². The number of halogens is 1. The summed E-state index contributed by atoms with van der Waals surface area (Å²) in [5, 5.41) is 0. The molecule has 0 amide bonds. The lowest BCUT2D eigenvalue weighted by Crippen LogP contribution is -2.28. The molecule has 1 atom stereocenters. The number of hydrazine groups is 1. The van der Waals surface area contributed by atoms with Gasteiger partial charge in [0.1, 0.15) is 5.82 Å². The Bertz CT molecular complexity index is 499. The van der Waals surface area contributed by atoms with E-state index in [-0.39, 0.29) is 11.9 Å². The minimum atomic E-state index is -0.209. The first-order valence-corrected chi connectivity index (χ1v) is 5.34. The van der Waals surface area contributed by atoms with Gasteiger partial charge in [-0.25, -0.2) is 9.82 Å². The van der Waals surface area contributed by atoms with Crippen LogP contribution in [-0.2, 0) is 0 Å². The summed E-state index contributed by atoms with van der Waals surface area (Å²) in [6.45, 7) is 1.74. The highest BCUT2D eigenvalue weighted by Gasteiger charge is 2.12. The Labute approximate surface area is 99.5 Å². The van der Waals surface area contributed by atoms with E-state index < -0.39 is 0 Å². The molecule has 1 heterocycles. The topological polar surface area (TPSA) is 50.9 Å². The van der Waals surface area contributed by atoms with E-state index in [0.29, 0.717) is 5.56 Å². The predicted molar refractivity (Wildman–Crippen MR) is 64.5 cm³/mol. The third kappa shape index (κ3) is 2.49. The summed E-state index contributed by atoms with van der Waals surface area (Å²) < 4.78 is 13.2. The fraction of sp³-hybridized carbons (Fsp3) is 0.154. The van der Waals surface area contributed by atoms with E-state index in [1.807, 2.05) is 12.1 Å². The van der Waals surface area contributed by atoms with Crippen molar-refractivity contribution in [2.24, 2.45) is 5.84 Å². The second kappa shape index (κ2) is 5.03. The zero-order valence-electron chi connectivity index (χ0n) is 9.52. The zero-order chi connectivity index (χ0) is 12.3. The van der Waals surface area contributed by atoms with Crippen molar-refractivity contribution in [2.45, 2.75) is 13.0 Å². The van der Waals surface area contributed by atoms with Crippen LogP contribution >= 0.6 is 0 Å². The SMILES string of the molecule is Cc1cc(C(NN)c2ccncc2)ccc1F. The summed E-state index contributed by atoms with van der Waals surface area (Å²) in [7, 11) is 0. The largest absolute Gasteiger partial charge is 0.271 e. The van der Waals surface area contributed by atoms with E-state index in [1.54, 1.807) is 31.5 Å². The number of nitrogens with one attached hydrogen (secondary N) is 1. The summed E-state index contributed by atoms with van der Waals surface area (Å²) in [6, 6.07) is 8.58. The van der Waals surface area contributed by atoms with Crippen molar-refractivity contribution in [2.75, 3.05) is 0 Å². The quantitative estimate of drug-likeness (QED) is 0.628. The number of hydrogen-bond acceptors (Lipinski definition) is 3. The van der Waals surface area contributed by atoms with Crippen molar-refractivity contribution in [1.82, 2.24) is 10.4 Å². The molecule has 3 N–H and O–H groups in total. The van der Waals surface area contributed by atoms with Gasteiger partial charge in [-0.2, -0.15) is 0 Å². The van der Waals surface area contributed by atoms with Gasteiger partial charge in [-0.15, -0.1) is 0 Å². The Morgan fingerprint density at radius 1 is 1.18 bits per heavy atom. The molecule has 1 unspecified atom stereocenters. The summed E-state index contributed by atoms with van der Waals surface area (Å²) in [5.41, 5.74) is 5.26. The molecule has 1 aromatic heterocycles. The molecule has 3 nitrogen and oxygen atoms in total. The summed E-state index contributed by atoms with van der Waals surface area (Å²) in [6.07, 6.45) is 3.41. The Morgan fingerprint density at radius 2 is 1.88 bits per heavy atom. The maximum atomic E-state index is 13.2. The molecule has 1 aromatic carbocycles. The summed E-state index contributed by atoms with van der Waals surface area (Å²) in [5.74, 6) is 5.35. The van der Waals surface area contributed by atoms with Gasteiger partial charge in [0.25, 0.3) is 0 Å². The van der Waals surface area contributed by atoms with E-state index in [0.717, 1.165) is 11.1 Å². The Morgan fingerprint density at radius 3 is 2.47 bits per heavy atom. The molecule has 0 aliphatic carbocycles. The van der Waals surface area contributed by atoms with Crippen LogP contribution in [0.2, 0.25) is 0 Å². The fourth-order valence-corrected chi connectivity index (χ4v) is 1.79. The molecule has 0 bridgehead atoms. The monoisotopic (exact) mass is 231 g/mol. The van der Waals surface area contributed by atoms with E-state index in [1.165, 1.54) is 6.07 Å². The van der Waals surface area contributed by atoms with Crippen LogP contribution in [0.15, 0.2) is 42.7 Å². The van der Waals surface area contributed by atoms with Crippen LogP contribution in [0.1, 0.15) is 22.7 Å². The Kier molecular flexibility index (Phi) is 3.46. The van der Waals surface area contributed by atoms with Crippen LogP contribution in [0.3, 0.4) is 0 Å². The average molecular weight is 231 g/mol. The minimum absolute atomic E-state index is 0.155. The molecular formula is C13H14FN3. The molecular weight excluding hydrogens is 217 g/mol. The van der Waals surface area contributed by atoms with E-state index in [9.17, 15) is 4.39 Å². The van der Waals surface area contributed by atoms with Gasteiger partial charge >= 0.3 is 0 Å². The van der Waals surface area contributed by atoms with Gasteiger partial charge < -0.3 is 0 Å². The Balaban J connectivity index is 2.39. The molecule has 0 fully saturated rings. The van der Waals surface area contributed by atoms with Gasteiger partial charge in [-0.05, 0) is 41.8 Å². The third-order valence-corrected chi connectivity index (χ3v) is 2.72. The first kappa shape index (κ1) is 11.7. The lowest BCUT2D eigenvalue weighted by atomic mass is 9.98. The van der Waals surface area contributed by atoms with Crippen molar-refractivity contribution in [3.63, 3.8) is 0 Å². The van der Waals surface area contributed by atoms with Gasteiger partial charge in [0.05, 0.1) is 6.04 Å². The molecule has 4 heteroatoms. The fourth-order valence-electron chi connectivity index (χ4n) is 1.79. The van der Waals surface area contributed by atoms with Crippen molar-refractivity contribution < 1.29 is 4.39 Å². The molecule has 0 spiro atoms. The number of hydrogen-bond donors (Lipinski definition) is 2. The lowest BCUT2D eigenvalue weighted by Gasteiger charge is -2.17. The van der Waals surface area contributed by atoms with Gasteiger partial charge in [-0.3, -0.25) is 10.8 Å². The maximum Gasteiger partial charge on any atom is 0.126 e. The number of rotatable bonds is 3. The van der Waals surface area contributed by atoms with Gasteiger partial charge in [0, 0.05) is 12.4 Å². The molecule has 2 rings (SSSR count). The molecule has 0 saturated carbocycles. The van der Waals surface area contributed by atoms with E-state index in [4.69, 9.17) is 5.84 Å². The smallest absolute Gasteiger partial charge is 0.126 e. The number of pyridine rings is 1. The van der Waals surface area contributed by atoms with Crippen molar-refractivity contribution in [3.8, 4) is 0 Å². The molecule has 0 saturated heterocycles. The molecule has 0 aliphatic rings. The number of nitrogens with two attached hydrogens (primary N) is 1. The van der Waals surface area contributed by atoms with Crippen LogP contribution in [0.5, 0.6) is 0 Å². The van der Waals surface area contributed by atoms with Crippen LogP contribution in [0, 0.1) is 12.7 Å². The highest BCUT2D eigenvalue weighted by atomic mass is 19.1. The second-order valence-electron chi connectivity index (χ2n) is 3.89. The van der Waals surface area contributed by atoms with Crippen LogP contribution in [0.25, 0.3) is 0 Å². The molecule has 0 radical (unpaired) electrons. The van der Waals surface area contributed by atoms with Crippen LogP contribution in [0.4, 0.5) is 4.39 Å². The molecule has 88 valence electrons. The van der Waals surface area contributed by atoms with Crippen molar-refractivity contribution >= 4 is 0 Å². The van der Waals surface area contributed by atoms with Gasteiger partial charge in [0.2, 0.25) is 0 Å². The standard InChI is InChI=1S/C13H14FN3/c1-9-8-11(2-3-12(9)14)13(17-15)10-4-6-16-7-5-10/h2-8,13,17H,15H2,1H3. The second-order valence-corrected chi connectivity index (χ2v) is 3.89. The normalized spacial score (nSPS) is 12.4. The number of aromatic nitrogens is 1. The number of benzene rings is 1. The maximum absolute atomic E-state index is 13.2. The molecule has 0 aliphatic heterocycles. The highest BCUT2D eigenvalue weighted by molar-refractivity contribution is 5.33. The first-order chi connectivity index (χ1) is 8.22. The van der Waals surface area contributed by atoms with Crippen molar-refractivity contribution in [3.05, 3.63) is 65.2 Å². The van der Waals surface area contributed by atoms with Crippen molar-refractivity contribution in [1.29, 1.82) is 0 Å². The molecule has 17 heavy (non-hydrogen) atoms. The van der Waals surface area contributed by atoms with E-state index in [2.05, 4.69) is 10.4 Å². The Hall–Kier alpha value is -1.78. The lowest BCUT2D eigenvalue weighted by molar-refractivity contribution is 0.607. The highest BCUT2D eigenvalue weighted by Crippen LogP contribution is 2.22. The zero-order valence-corrected chi connectivity index (χ0v) is 9.52. The predicted octanol–water partition coefficient (Wildman–Crippen LogP) is 2.08. The van der Waals surface area contributed by atoms with Crippen LogP contribution in [-0.4, -0.2) is 4.98 Å². The summed E-state index contributed by atoms with van der Waals surface area (Å²) in [4.78, 5) is 3.96. The van der Waals surface area contributed by atoms with Crippen LogP contribution < -0.4 is 11.3 Å². The number of nitrogens with zero attached hydrogens (tertiary/aromatic N) is 1. The van der Waals surface area contributed by atoms with E-state index >= 15 is 0 Å². The summed E-state index contributed by atoms with van der Waals surface area (Å²) >= 11 is 0.